The number of amides is 2. The van der Waals surface area contributed by atoms with Gasteiger partial charge in [0.25, 0.3) is 5.91 Å². The van der Waals surface area contributed by atoms with Crippen LogP contribution in [0.25, 0.3) is 0 Å². The Morgan fingerprint density at radius 1 is 1.30 bits per heavy atom. The Morgan fingerprint density at radius 3 is 2.57 bits per heavy atom. The molecule has 2 rings (SSSR count). The Balaban J connectivity index is 2.05. The van der Waals surface area contributed by atoms with Crippen LogP contribution in [0, 0.1) is 19.7 Å². The Morgan fingerprint density at radius 2 is 2.00 bits per heavy atom. The van der Waals surface area contributed by atoms with Crippen LogP contribution in [0.1, 0.15) is 27.9 Å². The van der Waals surface area contributed by atoms with Gasteiger partial charge in [-0.1, -0.05) is 12.1 Å². The summed E-state index contributed by atoms with van der Waals surface area (Å²) in [5.74, 6) is -1.46. The maximum absolute atomic E-state index is 13.7. The minimum atomic E-state index is -0.595. The Labute approximate surface area is 138 Å². The fraction of sp³-hybridized carbons (Fsp3) is 0.312. The normalized spacial score (nSPS) is 10.4. The molecule has 23 heavy (non-hydrogen) atoms. The van der Waals surface area contributed by atoms with Gasteiger partial charge >= 0.3 is 0 Å². The van der Waals surface area contributed by atoms with Crippen molar-refractivity contribution in [3.05, 3.63) is 46.2 Å². The van der Waals surface area contributed by atoms with E-state index in [1.165, 1.54) is 34.4 Å². The van der Waals surface area contributed by atoms with Gasteiger partial charge in [-0.05, 0) is 32.9 Å². The number of rotatable bonds is 5. The number of thiazole rings is 1. The number of aryl methyl sites for hydroxylation is 2. The van der Waals surface area contributed by atoms with Crippen molar-refractivity contribution in [1.29, 1.82) is 0 Å². The number of hydrogen-bond acceptors (Lipinski definition) is 4. The van der Waals surface area contributed by atoms with E-state index in [9.17, 15) is 14.0 Å². The molecule has 1 aromatic carbocycles. The summed E-state index contributed by atoms with van der Waals surface area (Å²) < 4.78 is 13.7. The fourth-order valence-electron chi connectivity index (χ4n) is 1.99. The molecule has 1 N–H and O–H groups in total. The third-order valence-corrected chi connectivity index (χ3v) is 4.37. The number of carbonyl (C=O) groups is 2. The first-order valence-corrected chi connectivity index (χ1v) is 8.01. The van der Waals surface area contributed by atoms with Crippen LogP contribution in [0.5, 0.6) is 0 Å². The summed E-state index contributed by atoms with van der Waals surface area (Å²) in [5, 5.41) is 3.17. The molecule has 0 spiro atoms. The molecular weight excluding hydrogens is 317 g/mol. The van der Waals surface area contributed by atoms with Gasteiger partial charge in [-0.2, -0.15) is 0 Å². The molecule has 1 heterocycles. The van der Waals surface area contributed by atoms with E-state index in [2.05, 4.69) is 10.3 Å². The van der Waals surface area contributed by atoms with Gasteiger partial charge in [0.2, 0.25) is 5.91 Å². The van der Waals surface area contributed by atoms with Crippen molar-refractivity contribution in [2.24, 2.45) is 0 Å². The number of carbonyl (C=O) groups excluding carboxylic acids is 2. The van der Waals surface area contributed by atoms with Crippen LogP contribution in [0.15, 0.2) is 24.3 Å². The lowest BCUT2D eigenvalue weighted by molar-refractivity contribution is -0.116. The number of benzene rings is 1. The van der Waals surface area contributed by atoms with E-state index in [0.717, 1.165) is 10.6 Å². The second kappa shape index (κ2) is 7.32. The predicted octanol–water partition coefficient (Wildman–Crippen LogP) is 3.00. The summed E-state index contributed by atoms with van der Waals surface area (Å²) in [6.07, 6.45) is 0. The summed E-state index contributed by atoms with van der Waals surface area (Å²) in [5.41, 5.74) is 0.822. The van der Waals surface area contributed by atoms with Crippen molar-refractivity contribution < 1.29 is 14.0 Å². The van der Waals surface area contributed by atoms with E-state index in [0.29, 0.717) is 11.7 Å². The van der Waals surface area contributed by atoms with Gasteiger partial charge in [0, 0.05) is 11.4 Å². The molecule has 1 aromatic heterocycles. The maximum atomic E-state index is 13.7. The highest BCUT2D eigenvalue weighted by Gasteiger charge is 2.20. The van der Waals surface area contributed by atoms with E-state index in [4.69, 9.17) is 0 Å². The molecule has 0 bridgehead atoms. The maximum Gasteiger partial charge on any atom is 0.257 e. The predicted molar refractivity (Wildman–Crippen MR) is 88.2 cm³/mol. The quantitative estimate of drug-likeness (QED) is 0.914. The lowest BCUT2D eigenvalue weighted by Crippen LogP contribution is -2.38. The van der Waals surface area contributed by atoms with Crippen LogP contribution in [0.3, 0.4) is 0 Å². The van der Waals surface area contributed by atoms with Crippen molar-refractivity contribution in [2.75, 3.05) is 18.4 Å². The molecule has 0 saturated carbocycles. The van der Waals surface area contributed by atoms with Crippen LogP contribution in [0.2, 0.25) is 0 Å². The lowest BCUT2D eigenvalue weighted by atomic mass is 10.2. The fourth-order valence-corrected chi connectivity index (χ4v) is 2.82. The van der Waals surface area contributed by atoms with Gasteiger partial charge in [0.05, 0.1) is 11.3 Å². The highest BCUT2D eigenvalue weighted by Crippen LogP contribution is 2.21. The van der Waals surface area contributed by atoms with E-state index in [1.807, 2.05) is 13.8 Å². The van der Waals surface area contributed by atoms with Crippen LogP contribution in [-0.4, -0.2) is 34.8 Å². The first-order valence-electron chi connectivity index (χ1n) is 7.20. The van der Waals surface area contributed by atoms with Gasteiger partial charge in [-0.25, -0.2) is 9.37 Å². The summed E-state index contributed by atoms with van der Waals surface area (Å²) in [4.78, 5) is 31.0. The number of hydrogen-bond donors (Lipinski definition) is 1. The molecule has 0 fully saturated rings. The molecule has 0 atom stereocenters. The van der Waals surface area contributed by atoms with Gasteiger partial charge in [-0.15, -0.1) is 11.3 Å². The molecule has 0 saturated heterocycles. The van der Waals surface area contributed by atoms with E-state index in [-0.39, 0.29) is 18.0 Å². The van der Waals surface area contributed by atoms with E-state index < -0.39 is 11.7 Å². The third-order valence-electron chi connectivity index (χ3n) is 3.38. The van der Waals surface area contributed by atoms with Gasteiger partial charge in [0.15, 0.2) is 5.13 Å². The summed E-state index contributed by atoms with van der Waals surface area (Å²) in [7, 11) is 0. The van der Waals surface area contributed by atoms with Crippen molar-refractivity contribution in [1.82, 2.24) is 9.88 Å². The zero-order valence-electron chi connectivity index (χ0n) is 13.2. The van der Waals surface area contributed by atoms with Crippen LogP contribution in [0.4, 0.5) is 9.52 Å². The molecule has 0 unspecified atom stereocenters. The minimum absolute atomic E-state index is 0.0388. The number of anilines is 1. The Kier molecular flexibility index (Phi) is 5.44. The first-order chi connectivity index (χ1) is 10.9. The molecule has 2 aromatic rings. The molecule has 2 amide bonds. The van der Waals surface area contributed by atoms with Gasteiger partial charge in [0.1, 0.15) is 12.4 Å². The SMILES string of the molecule is CCN(CC(=O)Nc1nc(C)c(C)s1)C(=O)c1ccccc1F. The molecular formula is C16H18FN3O2S. The monoisotopic (exact) mass is 335 g/mol. The molecule has 7 heteroatoms. The zero-order chi connectivity index (χ0) is 17.0. The highest BCUT2D eigenvalue weighted by atomic mass is 32.1. The van der Waals surface area contributed by atoms with Crippen molar-refractivity contribution in [2.45, 2.75) is 20.8 Å². The zero-order valence-corrected chi connectivity index (χ0v) is 14.0. The topological polar surface area (TPSA) is 62.3 Å². The second-order valence-corrected chi connectivity index (χ2v) is 6.21. The second-order valence-electron chi connectivity index (χ2n) is 5.01. The van der Waals surface area contributed by atoms with Crippen molar-refractivity contribution >= 4 is 28.3 Å². The number of nitrogens with zero attached hydrogens (tertiary/aromatic N) is 2. The third kappa shape index (κ3) is 4.13. The smallest absolute Gasteiger partial charge is 0.257 e. The summed E-state index contributed by atoms with van der Waals surface area (Å²) in [6.45, 7) is 5.67. The Hall–Kier alpha value is -2.28. The van der Waals surface area contributed by atoms with Crippen molar-refractivity contribution in [3.63, 3.8) is 0 Å². The van der Waals surface area contributed by atoms with E-state index in [1.54, 1.807) is 13.0 Å². The van der Waals surface area contributed by atoms with Gasteiger partial charge in [-0.3, -0.25) is 9.59 Å². The van der Waals surface area contributed by atoms with E-state index >= 15 is 0 Å². The first kappa shape index (κ1) is 17.1. The molecule has 0 aliphatic carbocycles. The van der Waals surface area contributed by atoms with Crippen LogP contribution in [-0.2, 0) is 4.79 Å². The molecule has 0 aliphatic heterocycles. The lowest BCUT2D eigenvalue weighted by Gasteiger charge is -2.20. The number of halogens is 1. The average molecular weight is 335 g/mol. The largest absolute Gasteiger partial charge is 0.330 e. The minimum Gasteiger partial charge on any atom is -0.330 e. The molecule has 5 nitrogen and oxygen atoms in total. The van der Waals surface area contributed by atoms with Crippen LogP contribution < -0.4 is 5.32 Å². The number of likely N-dealkylation sites (N-methyl/N-ethyl adjacent to an activating group) is 1. The Bertz CT molecular complexity index is 710. The van der Waals surface area contributed by atoms with Crippen molar-refractivity contribution in [3.8, 4) is 0 Å². The molecule has 122 valence electrons. The highest BCUT2D eigenvalue weighted by molar-refractivity contribution is 7.15. The molecule has 0 aliphatic rings. The number of nitrogens with one attached hydrogen (secondary N) is 1. The standard InChI is InChI=1S/C16H18FN3O2S/c1-4-20(15(22)12-7-5-6-8-13(12)17)9-14(21)19-16-18-10(2)11(3)23-16/h5-8H,4,9H2,1-3H3,(H,18,19,21). The average Bonchev–Trinajstić information content (AvgIpc) is 2.82. The van der Waals surface area contributed by atoms with Crippen LogP contribution >= 0.6 is 11.3 Å². The summed E-state index contributed by atoms with van der Waals surface area (Å²) in [6, 6.07) is 5.74. The molecule has 0 radical (unpaired) electrons. The van der Waals surface area contributed by atoms with Gasteiger partial charge < -0.3 is 10.2 Å². The summed E-state index contributed by atoms with van der Waals surface area (Å²) >= 11 is 1.38. The number of aromatic nitrogens is 1.